The molecule has 0 saturated heterocycles. The maximum Gasteiger partial charge on any atom is 0.250 e. The van der Waals surface area contributed by atoms with Crippen molar-refractivity contribution in [1.29, 1.82) is 0 Å². The molecule has 3 aromatic rings. The summed E-state index contributed by atoms with van der Waals surface area (Å²) in [4.78, 5) is 15.4. The van der Waals surface area contributed by atoms with Gasteiger partial charge >= 0.3 is 0 Å². The summed E-state index contributed by atoms with van der Waals surface area (Å²) in [6.07, 6.45) is 1.41. The van der Waals surface area contributed by atoms with Crippen molar-refractivity contribution in [2.24, 2.45) is 5.73 Å². The van der Waals surface area contributed by atoms with Crippen molar-refractivity contribution in [3.8, 4) is 5.69 Å². The van der Waals surface area contributed by atoms with Gasteiger partial charge in [-0.1, -0.05) is 23.7 Å². The molecule has 0 fully saturated rings. The zero-order chi connectivity index (χ0) is 18.8. The lowest BCUT2D eigenvalue weighted by Crippen LogP contribution is -2.13. The van der Waals surface area contributed by atoms with Gasteiger partial charge in [0.15, 0.2) is 0 Å². The Balaban J connectivity index is 1.77. The Hall–Kier alpha value is -2.86. The van der Waals surface area contributed by atoms with Crippen LogP contribution in [0.5, 0.6) is 0 Å². The summed E-state index contributed by atoms with van der Waals surface area (Å²) in [6, 6.07) is 11.7. The Morgan fingerprint density at radius 3 is 2.46 bits per heavy atom. The van der Waals surface area contributed by atoms with E-state index in [-0.39, 0.29) is 11.6 Å². The van der Waals surface area contributed by atoms with Gasteiger partial charge in [-0.05, 0) is 50.6 Å². The highest BCUT2D eigenvalue weighted by atomic mass is 35.5. The van der Waals surface area contributed by atoms with Gasteiger partial charge in [0, 0.05) is 17.9 Å². The fraction of sp³-hybridized carbons (Fsp3) is 0.211. The Morgan fingerprint density at radius 2 is 1.92 bits per heavy atom. The van der Waals surface area contributed by atoms with Crippen LogP contribution in [0, 0.1) is 13.8 Å². The zero-order valence-electron chi connectivity index (χ0n) is 14.8. The second-order valence-corrected chi connectivity index (χ2v) is 6.62. The van der Waals surface area contributed by atoms with Crippen molar-refractivity contribution < 1.29 is 4.79 Å². The molecule has 0 bridgehead atoms. The number of aryl methyl sites for hydroxylation is 2. The number of primary amides is 1. The fourth-order valence-corrected chi connectivity index (χ4v) is 2.98. The van der Waals surface area contributed by atoms with Crippen LogP contribution < -0.4 is 11.1 Å². The van der Waals surface area contributed by atoms with E-state index < -0.39 is 5.91 Å². The van der Waals surface area contributed by atoms with Crippen LogP contribution in [0.1, 0.15) is 40.3 Å². The molecule has 1 atom stereocenters. The molecule has 134 valence electrons. The van der Waals surface area contributed by atoms with Crippen LogP contribution in [0.3, 0.4) is 0 Å². The van der Waals surface area contributed by atoms with Crippen molar-refractivity contribution in [2.45, 2.75) is 26.8 Å². The minimum atomic E-state index is -0.557. The number of halogens is 1. The highest BCUT2D eigenvalue weighted by molar-refractivity contribution is 6.33. The number of carbonyl (C=O) groups is 1. The third-order valence-corrected chi connectivity index (χ3v) is 4.41. The van der Waals surface area contributed by atoms with Crippen LogP contribution in [0.2, 0.25) is 5.02 Å². The molecule has 6 nitrogen and oxygen atoms in total. The first-order valence-corrected chi connectivity index (χ1v) is 8.58. The van der Waals surface area contributed by atoms with Crippen molar-refractivity contribution >= 4 is 23.3 Å². The highest BCUT2D eigenvalue weighted by Gasteiger charge is 2.12. The third-order valence-electron chi connectivity index (χ3n) is 4.13. The third kappa shape index (κ3) is 3.70. The molecule has 1 unspecified atom stereocenters. The van der Waals surface area contributed by atoms with Gasteiger partial charge in [-0.3, -0.25) is 4.79 Å². The molecule has 2 heterocycles. The predicted octanol–water partition coefficient (Wildman–Crippen LogP) is 3.81. The molecule has 0 aliphatic rings. The maximum absolute atomic E-state index is 11.2. The largest absolute Gasteiger partial charge is 0.366 e. The lowest BCUT2D eigenvalue weighted by molar-refractivity contribution is 0.1000. The summed E-state index contributed by atoms with van der Waals surface area (Å²) in [5, 5.41) is 8.10. The Morgan fingerprint density at radius 1 is 1.23 bits per heavy atom. The minimum absolute atomic E-state index is 0.0195. The van der Waals surface area contributed by atoms with Crippen LogP contribution in [0.4, 0.5) is 5.82 Å². The van der Waals surface area contributed by atoms with Crippen molar-refractivity contribution in [3.05, 3.63) is 70.1 Å². The molecule has 0 radical (unpaired) electrons. The Kier molecular flexibility index (Phi) is 4.95. The fourth-order valence-electron chi connectivity index (χ4n) is 2.76. The molecule has 7 heteroatoms. The quantitative estimate of drug-likeness (QED) is 0.716. The van der Waals surface area contributed by atoms with E-state index in [2.05, 4.69) is 15.4 Å². The number of anilines is 1. The summed E-state index contributed by atoms with van der Waals surface area (Å²) in [7, 11) is 0. The second kappa shape index (κ2) is 7.17. The first kappa shape index (κ1) is 17.9. The molecule has 1 amide bonds. The number of hydrogen-bond acceptors (Lipinski definition) is 4. The molecule has 0 saturated carbocycles. The molecule has 3 N–H and O–H groups in total. The standard InChI is InChI=1S/C19H20ClN5O/c1-11-8-12(2)25(24-11)16-6-4-14(5-7-16)13(3)23-19-17(20)9-15(10-22-19)18(21)26/h4-10,13H,1-3H3,(H2,21,26)(H,22,23). The SMILES string of the molecule is Cc1cc(C)n(-c2ccc(C(C)Nc3ncc(C(N)=O)cc3Cl)cc2)n1. The summed E-state index contributed by atoms with van der Waals surface area (Å²) in [5.74, 6) is -0.0504. The van der Waals surface area contributed by atoms with E-state index in [1.54, 1.807) is 0 Å². The normalized spacial score (nSPS) is 12.0. The van der Waals surface area contributed by atoms with E-state index in [4.69, 9.17) is 17.3 Å². The van der Waals surface area contributed by atoms with E-state index in [0.717, 1.165) is 22.6 Å². The minimum Gasteiger partial charge on any atom is -0.366 e. The van der Waals surface area contributed by atoms with Gasteiger partial charge in [-0.2, -0.15) is 5.10 Å². The lowest BCUT2D eigenvalue weighted by Gasteiger charge is -2.17. The topological polar surface area (TPSA) is 85.8 Å². The average Bonchev–Trinajstić information content (AvgIpc) is 2.95. The first-order chi connectivity index (χ1) is 12.3. The molecule has 0 spiro atoms. The number of nitrogens with zero attached hydrogens (tertiary/aromatic N) is 3. The predicted molar refractivity (Wildman–Crippen MR) is 103 cm³/mol. The molecular formula is C19H20ClN5O. The number of nitrogens with two attached hydrogens (primary N) is 1. The van der Waals surface area contributed by atoms with Crippen LogP contribution >= 0.6 is 11.6 Å². The van der Waals surface area contributed by atoms with E-state index in [1.165, 1.54) is 12.3 Å². The summed E-state index contributed by atoms with van der Waals surface area (Å²) in [5.41, 5.74) is 9.68. The van der Waals surface area contributed by atoms with Crippen molar-refractivity contribution in [3.63, 3.8) is 0 Å². The molecular weight excluding hydrogens is 350 g/mol. The highest BCUT2D eigenvalue weighted by Crippen LogP contribution is 2.25. The number of hydrogen-bond donors (Lipinski definition) is 2. The summed E-state index contributed by atoms with van der Waals surface area (Å²) >= 11 is 6.19. The monoisotopic (exact) mass is 369 g/mol. The Bertz CT molecular complexity index is 949. The summed E-state index contributed by atoms with van der Waals surface area (Å²) < 4.78 is 1.91. The van der Waals surface area contributed by atoms with Crippen molar-refractivity contribution in [1.82, 2.24) is 14.8 Å². The van der Waals surface area contributed by atoms with Gasteiger partial charge in [0.1, 0.15) is 5.82 Å². The van der Waals surface area contributed by atoms with Gasteiger partial charge in [-0.15, -0.1) is 0 Å². The average molecular weight is 370 g/mol. The number of pyridine rings is 1. The van der Waals surface area contributed by atoms with Gasteiger partial charge < -0.3 is 11.1 Å². The van der Waals surface area contributed by atoms with Gasteiger partial charge in [-0.25, -0.2) is 9.67 Å². The number of aromatic nitrogens is 3. The van der Waals surface area contributed by atoms with Gasteiger partial charge in [0.2, 0.25) is 5.91 Å². The number of benzene rings is 1. The molecule has 2 aromatic heterocycles. The van der Waals surface area contributed by atoms with E-state index >= 15 is 0 Å². The van der Waals surface area contributed by atoms with E-state index in [9.17, 15) is 4.79 Å². The maximum atomic E-state index is 11.2. The smallest absolute Gasteiger partial charge is 0.250 e. The van der Waals surface area contributed by atoms with Crippen LogP contribution in [0.15, 0.2) is 42.6 Å². The van der Waals surface area contributed by atoms with Gasteiger partial charge in [0.25, 0.3) is 0 Å². The summed E-state index contributed by atoms with van der Waals surface area (Å²) in [6.45, 7) is 6.02. The van der Waals surface area contributed by atoms with Crippen LogP contribution in [-0.4, -0.2) is 20.7 Å². The molecule has 26 heavy (non-hydrogen) atoms. The van der Waals surface area contributed by atoms with E-state index in [0.29, 0.717) is 10.8 Å². The first-order valence-electron chi connectivity index (χ1n) is 8.20. The van der Waals surface area contributed by atoms with Crippen molar-refractivity contribution in [2.75, 3.05) is 5.32 Å². The molecule has 1 aromatic carbocycles. The van der Waals surface area contributed by atoms with Crippen LogP contribution in [0.25, 0.3) is 5.69 Å². The number of rotatable bonds is 5. The lowest BCUT2D eigenvalue weighted by atomic mass is 10.1. The van der Waals surface area contributed by atoms with Gasteiger partial charge in [0.05, 0.1) is 22.0 Å². The Labute approximate surface area is 157 Å². The molecule has 0 aliphatic carbocycles. The number of amides is 1. The van der Waals surface area contributed by atoms with Crippen LogP contribution in [-0.2, 0) is 0 Å². The number of carbonyl (C=O) groups excluding carboxylic acids is 1. The number of nitrogens with one attached hydrogen (secondary N) is 1. The second-order valence-electron chi connectivity index (χ2n) is 6.22. The van der Waals surface area contributed by atoms with E-state index in [1.807, 2.05) is 55.8 Å². The molecule has 0 aliphatic heterocycles. The zero-order valence-corrected chi connectivity index (χ0v) is 15.6. The molecule has 3 rings (SSSR count).